The van der Waals surface area contributed by atoms with E-state index in [1.54, 1.807) is 24.3 Å². The molecule has 0 radical (unpaired) electrons. The summed E-state index contributed by atoms with van der Waals surface area (Å²) in [6.07, 6.45) is 0. The number of rotatable bonds is 6. The van der Waals surface area contributed by atoms with E-state index >= 15 is 0 Å². The summed E-state index contributed by atoms with van der Waals surface area (Å²) in [5, 5.41) is 11.4. The summed E-state index contributed by atoms with van der Waals surface area (Å²) in [6.45, 7) is 1.90. The van der Waals surface area contributed by atoms with E-state index in [9.17, 15) is 9.59 Å². The van der Waals surface area contributed by atoms with Crippen molar-refractivity contribution in [2.24, 2.45) is 0 Å². The van der Waals surface area contributed by atoms with E-state index in [4.69, 9.17) is 14.7 Å². The van der Waals surface area contributed by atoms with Crippen LogP contribution in [0.5, 0.6) is 5.75 Å². The molecule has 2 aromatic rings. The third-order valence-electron chi connectivity index (χ3n) is 3.05. The Morgan fingerprint density at radius 2 is 1.83 bits per heavy atom. The fraction of sp³-hybridized carbons (Fsp3) is 0.167. The van der Waals surface area contributed by atoms with Gasteiger partial charge in [0.05, 0.1) is 29.5 Å². The van der Waals surface area contributed by atoms with Crippen molar-refractivity contribution in [1.29, 1.82) is 5.26 Å². The number of nitrogens with zero attached hydrogens (tertiary/aromatic N) is 1. The number of hydrogen-bond donors (Lipinski definition) is 1. The van der Waals surface area contributed by atoms with Crippen LogP contribution in [0.25, 0.3) is 0 Å². The lowest BCUT2D eigenvalue weighted by atomic mass is 10.1. The van der Waals surface area contributed by atoms with Crippen LogP contribution in [-0.2, 0) is 9.53 Å². The smallest absolute Gasteiger partial charge is 0.338 e. The number of esters is 1. The Balaban J connectivity index is 1.91. The first kappa shape index (κ1) is 17.0. The molecule has 24 heavy (non-hydrogen) atoms. The van der Waals surface area contributed by atoms with Crippen molar-refractivity contribution < 1.29 is 19.1 Å². The van der Waals surface area contributed by atoms with Crippen LogP contribution in [0, 0.1) is 11.3 Å². The molecule has 0 atom stereocenters. The molecule has 6 heteroatoms. The van der Waals surface area contributed by atoms with Crippen molar-refractivity contribution in [1.82, 2.24) is 0 Å². The van der Waals surface area contributed by atoms with Gasteiger partial charge in [-0.1, -0.05) is 12.1 Å². The summed E-state index contributed by atoms with van der Waals surface area (Å²) >= 11 is 0. The Kier molecular flexibility index (Phi) is 5.92. The number of hydrogen-bond acceptors (Lipinski definition) is 5. The molecule has 122 valence electrons. The topological polar surface area (TPSA) is 88.4 Å². The summed E-state index contributed by atoms with van der Waals surface area (Å²) in [5.74, 6) is -0.552. The van der Waals surface area contributed by atoms with E-state index in [1.807, 2.05) is 13.0 Å². The van der Waals surface area contributed by atoms with Crippen LogP contribution >= 0.6 is 0 Å². The number of nitriles is 1. The second kappa shape index (κ2) is 8.34. The van der Waals surface area contributed by atoms with Gasteiger partial charge in [0.2, 0.25) is 0 Å². The predicted molar refractivity (Wildman–Crippen MR) is 87.7 cm³/mol. The number of benzene rings is 2. The predicted octanol–water partition coefficient (Wildman–Crippen LogP) is 2.75. The highest BCUT2D eigenvalue weighted by Gasteiger charge is 2.12. The van der Waals surface area contributed by atoms with Crippen LogP contribution in [0.15, 0.2) is 48.5 Å². The molecule has 0 aromatic heterocycles. The highest BCUT2D eigenvalue weighted by molar-refractivity contribution is 5.96. The zero-order valence-corrected chi connectivity index (χ0v) is 13.1. The molecule has 0 aliphatic rings. The number of carbonyl (C=O) groups is 2. The monoisotopic (exact) mass is 324 g/mol. The highest BCUT2D eigenvalue weighted by Crippen LogP contribution is 2.23. The molecule has 0 aliphatic heterocycles. The van der Waals surface area contributed by atoms with E-state index in [0.29, 0.717) is 23.6 Å². The Labute approximate surface area is 139 Å². The van der Waals surface area contributed by atoms with Gasteiger partial charge in [-0.15, -0.1) is 0 Å². The van der Waals surface area contributed by atoms with Crippen molar-refractivity contribution in [3.63, 3.8) is 0 Å². The maximum absolute atomic E-state index is 11.9. The number of ether oxygens (including phenoxy) is 2. The molecule has 0 saturated carbocycles. The van der Waals surface area contributed by atoms with Gasteiger partial charge < -0.3 is 14.8 Å². The zero-order valence-electron chi connectivity index (χ0n) is 13.1. The standard InChI is InChI=1S/C18H16N2O4/c1-2-23-16-6-4-3-5-15(16)20-17(21)12-24-18(22)14-9-7-13(11-19)8-10-14/h3-10H,2,12H2,1H3,(H,20,21). The zero-order chi connectivity index (χ0) is 17.4. The number of para-hydroxylation sites is 2. The molecular weight excluding hydrogens is 308 g/mol. The first-order chi connectivity index (χ1) is 11.6. The van der Waals surface area contributed by atoms with Crippen LogP contribution in [-0.4, -0.2) is 25.1 Å². The maximum atomic E-state index is 11.9. The minimum Gasteiger partial charge on any atom is -0.492 e. The van der Waals surface area contributed by atoms with Gasteiger partial charge in [0, 0.05) is 0 Å². The number of nitrogens with one attached hydrogen (secondary N) is 1. The summed E-state index contributed by atoms with van der Waals surface area (Å²) < 4.78 is 10.4. The Morgan fingerprint density at radius 1 is 1.12 bits per heavy atom. The Morgan fingerprint density at radius 3 is 2.50 bits per heavy atom. The van der Waals surface area contributed by atoms with E-state index in [0.717, 1.165) is 0 Å². The van der Waals surface area contributed by atoms with Gasteiger partial charge in [0.25, 0.3) is 5.91 Å². The summed E-state index contributed by atoms with van der Waals surface area (Å²) in [4.78, 5) is 23.8. The molecular formula is C18H16N2O4. The van der Waals surface area contributed by atoms with Gasteiger partial charge in [-0.2, -0.15) is 5.26 Å². The molecule has 1 amide bonds. The van der Waals surface area contributed by atoms with Gasteiger partial charge in [-0.25, -0.2) is 4.79 Å². The molecule has 0 bridgehead atoms. The van der Waals surface area contributed by atoms with Gasteiger partial charge >= 0.3 is 5.97 Å². The maximum Gasteiger partial charge on any atom is 0.338 e. The fourth-order valence-electron chi connectivity index (χ4n) is 1.93. The van der Waals surface area contributed by atoms with E-state index in [2.05, 4.69) is 5.32 Å². The largest absolute Gasteiger partial charge is 0.492 e. The third-order valence-corrected chi connectivity index (χ3v) is 3.05. The van der Waals surface area contributed by atoms with E-state index in [1.165, 1.54) is 24.3 Å². The molecule has 0 aliphatic carbocycles. The van der Waals surface area contributed by atoms with Crippen LogP contribution in [0.4, 0.5) is 5.69 Å². The van der Waals surface area contributed by atoms with E-state index < -0.39 is 18.5 Å². The summed E-state index contributed by atoms with van der Waals surface area (Å²) in [7, 11) is 0. The van der Waals surface area contributed by atoms with Crippen LogP contribution in [0.2, 0.25) is 0 Å². The lowest BCUT2D eigenvalue weighted by Gasteiger charge is -2.11. The van der Waals surface area contributed by atoms with Crippen LogP contribution in [0.3, 0.4) is 0 Å². The van der Waals surface area contributed by atoms with E-state index in [-0.39, 0.29) is 5.56 Å². The number of amides is 1. The second-order valence-corrected chi connectivity index (χ2v) is 4.74. The minimum atomic E-state index is -0.632. The average molecular weight is 324 g/mol. The molecule has 0 fully saturated rings. The molecule has 1 N–H and O–H groups in total. The normalized spacial score (nSPS) is 9.67. The van der Waals surface area contributed by atoms with Gasteiger partial charge in [-0.05, 0) is 43.3 Å². The minimum absolute atomic E-state index is 0.275. The van der Waals surface area contributed by atoms with Crippen LogP contribution in [0.1, 0.15) is 22.8 Å². The Hall–Kier alpha value is -3.33. The molecule has 2 aromatic carbocycles. The molecule has 0 saturated heterocycles. The quantitative estimate of drug-likeness (QED) is 0.825. The van der Waals surface area contributed by atoms with Crippen LogP contribution < -0.4 is 10.1 Å². The van der Waals surface area contributed by atoms with Crippen molar-refractivity contribution >= 4 is 17.6 Å². The molecule has 0 unspecified atom stereocenters. The summed E-state index contributed by atoms with van der Waals surface area (Å²) in [6, 6.07) is 14.9. The lowest BCUT2D eigenvalue weighted by Crippen LogP contribution is -2.21. The lowest BCUT2D eigenvalue weighted by molar-refractivity contribution is -0.119. The summed E-state index contributed by atoms with van der Waals surface area (Å²) in [5.41, 5.74) is 1.23. The molecule has 0 heterocycles. The van der Waals surface area contributed by atoms with Crippen molar-refractivity contribution in [3.8, 4) is 11.8 Å². The first-order valence-electron chi connectivity index (χ1n) is 7.33. The highest BCUT2D eigenvalue weighted by atomic mass is 16.5. The fourth-order valence-corrected chi connectivity index (χ4v) is 1.93. The van der Waals surface area contributed by atoms with Crippen molar-refractivity contribution in [2.45, 2.75) is 6.92 Å². The van der Waals surface area contributed by atoms with Gasteiger partial charge in [0.15, 0.2) is 6.61 Å². The Bertz CT molecular complexity index is 763. The molecule has 6 nitrogen and oxygen atoms in total. The van der Waals surface area contributed by atoms with Gasteiger partial charge in [0.1, 0.15) is 5.75 Å². The molecule has 0 spiro atoms. The third kappa shape index (κ3) is 4.58. The second-order valence-electron chi connectivity index (χ2n) is 4.74. The number of carbonyl (C=O) groups excluding carboxylic acids is 2. The SMILES string of the molecule is CCOc1ccccc1NC(=O)COC(=O)c1ccc(C#N)cc1. The van der Waals surface area contributed by atoms with Gasteiger partial charge in [-0.3, -0.25) is 4.79 Å². The number of anilines is 1. The van der Waals surface area contributed by atoms with Crippen molar-refractivity contribution in [2.75, 3.05) is 18.5 Å². The van der Waals surface area contributed by atoms with Crippen molar-refractivity contribution in [3.05, 3.63) is 59.7 Å². The molecule has 2 rings (SSSR count). The average Bonchev–Trinajstić information content (AvgIpc) is 2.61. The first-order valence-corrected chi connectivity index (χ1v) is 7.33.